The van der Waals surface area contributed by atoms with Crippen LogP contribution in [0.4, 0.5) is 5.69 Å². The molecule has 4 nitrogen and oxygen atoms in total. The van der Waals surface area contributed by atoms with Crippen molar-refractivity contribution in [3.8, 4) is 11.1 Å². The molecule has 1 amide bonds. The molecule has 0 fully saturated rings. The Morgan fingerprint density at radius 3 is 2.88 bits per heavy atom. The highest BCUT2D eigenvalue weighted by Crippen LogP contribution is 2.32. The molecule has 2 heterocycles. The highest BCUT2D eigenvalue weighted by Gasteiger charge is 2.19. The molecule has 17 heavy (non-hydrogen) atoms. The first-order valence-electron chi connectivity index (χ1n) is 5.46. The number of carbonyl (C=O) groups excluding carboxylic acids is 1. The molecule has 0 atom stereocenters. The average Bonchev–Trinajstić information content (AvgIpc) is 2.45. The average molecular weight is 225 g/mol. The summed E-state index contributed by atoms with van der Waals surface area (Å²) in [7, 11) is 0. The molecule has 0 bridgehead atoms. The van der Waals surface area contributed by atoms with Gasteiger partial charge in [-0.05, 0) is 19.1 Å². The van der Waals surface area contributed by atoms with Crippen molar-refractivity contribution < 1.29 is 4.79 Å². The third kappa shape index (κ3) is 1.67. The summed E-state index contributed by atoms with van der Waals surface area (Å²) < 4.78 is 0. The minimum absolute atomic E-state index is 0.0469. The first-order chi connectivity index (χ1) is 8.24. The Labute approximate surface area is 98.7 Å². The van der Waals surface area contributed by atoms with E-state index in [2.05, 4.69) is 15.5 Å². The summed E-state index contributed by atoms with van der Waals surface area (Å²) in [5, 5.41) is 11.0. The number of fused-ring (bicyclic) bond motifs is 3. The topological polar surface area (TPSA) is 54.9 Å². The molecule has 1 aromatic carbocycles. The molecule has 0 unspecified atom stereocenters. The molecule has 3 rings (SSSR count). The maximum absolute atomic E-state index is 11.7. The molecule has 0 radical (unpaired) electrons. The number of carbonyl (C=O) groups is 1. The molecule has 0 saturated heterocycles. The van der Waals surface area contributed by atoms with Crippen molar-refractivity contribution in [2.75, 3.05) is 5.32 Å². The smallest absolute Gasteiger partial charge is 0.230 e. The van der Waals surface area contributed by atoms with E-state index in [0.29, 0.717) is 0 Å². The van der Waals surface area contributed by atoms with Crippen LogP contribution in [0.3, 0.4) is 0 Å². The summed E-state index contributed by atoms with van der Waals surface area (Å²) in [6.07, 6.45) is 0.275. The second-order valence-electron chi connectivity index (χ2n) is 4.12. The molecule has 1 aromatic heterocycles. The summed E-state index contributed by atoms with van der Waals surface area (Å²) in [5.74, 6) is -0.0469. The van der Waals surface area contributed by atoms with Crippen LogP contribution >= 0.6 is 0 Å². The van der Waals surface area contributed by atoms with Gasteiger partial charge in [0.2, 0.25) is 5.91 Å². The van der Waals surface area contributed by atoms with Gasteiger partial charge in [-0.1, -0.05) is 18.2 Å². The zero-order chi connectivity index (χ0) is 11.8. The Hall–Kier alpha value is -2.23. The van der Waals surface area contributed by atoms with E-state index in [4.69, 9.17) is 0 Å². The van der Waals surface area contributed by atoms with Crippen molar-refractivity contribution in [3.63, 3.8) is 0 Å². The normalized spacial score (nSPS) is 13.4. The van der Waals surface area contributed by atoms with Gasteiger partial charge in [0.15, 0.2) is 0 Å². The van der Waals surface area contributed by atoms with E-state index >= 15 is 0 Å². The predicted octanol–water partition coefficient (Wildman–Crippen LogP) is 1.95. The molecule has 0 spiro atoms. The van der Waals surface area contributed by atoms with Gasteiger partial charge in [0.05, 0.1) is 17.8 Å². The number of amides is 1. The summed E-state index contributed by atoms with van der Waals surface area (Å²) in [6, 6.07) is 9.72. The second-order valence-corrected chi connectivity index (χ2v) is 4.12. The Morgan fingerprint density at radius 2 is 2.00 bits per heavy atom. The minimum atomic E-state index is -0.0469. The van der Waals surface area contributed by atoms with Gasteiger partial charge in [0, 0.05) is 16.8 Å². The fraction of sp³-hybridized carbons (Fsp3) is 0.154. The lowest BCUT2D eigenvalue weighted by molar-refractivity contribution is -0.115. The van der Waals surface area contributed by atoms with Crippen LogP contribution in [0, 0.1) is 6.92 Å². The van der Waals surface area contributed by atoms with E-state index in [-0.39, 0.29) is 12.3 Å². The van der Waals surface area contributed by atoms with Crippen molar-refractivity contribution >= 4 is 11.6 Å². The van der Waals surface area contributed by atoms with E-state index in [1.54, 1.807) is 0 Å². The standard InChI is InChI=1S/C13H11N3O/c1-8-6-10-9-4-2-3-5-11(9)14-13(17)7-12(10)16-15-8/h2-6H,7H2,1H3,(H,14,17). The largest absolute Gasteiger partial charge is 0.325 e. The fourth-order valence-corrected chi connectivity index (χ4v) is 2.05. The Kier molecular flexibility index (Phi) is 2.14. The highest BCUT2D eigenvalue weighted by molar-refractivity contribution is 6.00. The molecule has 1 N–H and O–H groups in total. The minimum Gasteiger partial charge on any atom is -0.325 e. The van der Waals surface area contributed by atoms with Gasteiger partial charge in [0.1, 0.15) is 0 Å². The van der Waals surface area contributed by atoms with Crippen LogP contribution in [-0.4, -0.2) is 16.1 Å². The molecule has 84 valence electrons. The number of hydrogen-bond acceptors (Lipinski definition) is 3. The van der Waals surface area contributed by atoms with Crippen molar-refractivity contribution in [1.82, 2.24) is 10.2 Å². The Balaban J connectivity index is 2.31. The van der Waals surface area contributed by atoms with Gasteiger partial charge in [-0.15, -0.1) is 0 Å². The summed E-state index contributed by atoms with van der Waals surface area (Å²) in [4.78, 5) is 11.7. The number of rotatable bonds is 0. The fourth-order valence-electron chi connectivity index (χ4n) is 2.05. The maximum atomic E-state index is 11.7. The van der Waals surface area contributed by atoms with Crippen LogP contribution in [0.5, 0.6) is 0 Å². The molecule has 2 aromatic rings. The number of hydrogen-bond donors (Lipinski definition) is 1. The van der Waals surface area contributed by atoms with Crippen molar-refractivity contribution in [2.24, 2.45) is 0 Å². The zero-order valence-corrected chi connectivity index (χ0v) is 9.40. The quantitative estimate of drug-likeness (QED) is 0.745. The molecule has 4 heteroatoms. The molecule has 1 aliphatic rings. The van der Waals surface area contributed by atoms with E-state index in [1.807, 2.05) is 37.3 Å². The zero-order valence-electron chi connectivity index (χ0n) is 9.40. The summed E-state index contributed by atoms with van der Waals surface area (Å²) >= 11 is 0. The first kappa shape index (κ1) is 9.96. The second kappa shape index (κ2) is 3.66. The first-order valence-corrected chi connectivity index (χ1v) is 5.46. The molecule has 1 aliphatic heterocycles. The van der Waals surface area contributed by atoms with Gasteiger partial charge < -0.3 is 5.32 Å². The SMILES string of the molecule is Cc1cc2c(nn1)CC(=O)Nc1ccccc1-2. The van der Waals surface area contributed by atoms with E-state index < -0.39 is 0 Å². The lowest BCUT2D eigenvalue weighted by atomic mass is 10.0. The van der Waals surface area contributed by atoms with Crippen LogP contribution in [-0.2, 0) is 11.2 Å². The Morgan fingerprint density at radius 1 is 1.18 bits per heavy atom. The number of nitrogens with zero attached hydrogens (tertiary/aromatic N) is 2. The van der Waals surface area contributed by atoms with Crippen LogP contribution in [0.1, 0.15) is 11.4 Å². The van der Waals surface area contributed by atoms with E-state index in [9.17, 15) is 4.79 Å². The van der Waals surface area contributed by atoms with Gasteiger partial charge in [-0.2, -0.15) is 10.2 Å². The predicted molar refractivity (Wildman–Crippen MR) is 64.5 cm³/mol. The lowest BCUT2D eigenvalue weighted by Crippen LogP contribution is -2.13. The van der Waals surface area contributed by atoms with E-state index in [1.165, 1.54) is 0 Å². The number of aromatic nitrogens is 2. The number of para-hydroxylation sites is 1. The van der Waals surface area contributed by atoms with Gasteiger partial charge in [-0.3, -0.25) is 4.79 Å². The van der Waals surface area contributed by atoms with Crippen LogP contribution in [0.15, 0.2) is 30.3 Å². The van der Waals surface area contributed by atoms with Crippen molar-refractivity contribution in [2.45, 2.75) is 13.3 Å². The van der Waals surface area contributed by atoms with Crippen LogP contribution < -0.4 is 5.32 Å². The number of nitrogens with one attached hydrogen (secondary N) is 1. The molecular formula is C13H11N3O. The van der Waals surface area contributed by atoms with E-state index in [0.717, 1.165) is 28.2 Å². The summed E-state index contributed by atoms with van der Waals surface area (Å²) in [6.45, 7) is 1.90. The lowest BCUT2D eigenvalue weighted by Gasteiger charge is -2.07. The van der Waals surface area contributed by atoms with Crippen LogP contribution in [0.2, 0.25) is 0 Å². The highest BCUT2D eigenvalue weighted by atomic mass is 16.1. The number of benzene rings is 1. The third-order valence-corrected chi connectivity index (χ3v) is 2.81. The van der Waals surface area contributed by atoms with Gasteiger partial charge in [0.25, 0.3) is 0 Å². The molecule has 0 saturated carbocycles. The van der Waals surface area contributed by atoms with Crippen LogP contribution in [0.25, 0.3) is 11.1 Å². The van der Waals surface area contributed by atoms with Gasteiger partial charge >= 0.3 is 0 Å². The number of aryl methyl sites for hydroxylation is 1. The summed E-state index contributed by atoms with van der Waals surface area (Å²) in [5.41, 5.74) is 4.42. The monoisotopic (exact) mass is 225 g/mol. The molecule has 0 aliphatic carbocycles. The van der Waals surface area contributed by atoms with Crippen molar-refractivity contribution in [1.29, 1.82) is 0 Å². The third-order valence-electron chi connectivity index (χ3n) is 2.81. The number of anilines is 1. The van der Waals surface area contributed by atoms with Gasteiger partial charge in [-0.25, -0.2) is 0 Å². The molecular weight excluding hydrogens is 214 g/mol. The maximum Gasteiger partial charge on any atom is 0.230 e. The Bertz CT molecular complexity index is 607. The van der Waals surface area contributed by atoms with Crippen molar-refractivity contribution in [3.05, 3.63) is 41.7 Å².